The second kappa shape index (κ2) is 8.64. The van der Waals surface area contributed by atoms with E-state index >= 15 is 0 Å². The van der Waals surface area contributed by atoms with Crippen LogP contribution in [0, 0.1) is 0 Å². The summed E-state index contributed by atoms with van der Waals surface area (Å²) in [6, 6.07) is 7.54. The molecule has 6 N–H and O–H groups in total. The summed E-state index contributed by atoms with van der Waals surface area (Å²) in [7, 11) is 0. The maximum Gasteiger partial charge on any atom is 0.339 e. The van der Waals surface area contributed by atoms with Crippen LogP contribution in [0.4, 0.5) is 0 Å². The number of hydrogen-bond acceptors (Lipinski definition) is 12. The van der Waals surface area contributed by atoms with E-state index in [2.05, 4.69) is 0 Å². The molecule has 0 radical (unpaired) electrons. The number of ether oxygens (including phenoxy) is 5. The molecule has 0 saturated carbocycles. The Kier molecular flexibility index (Phi) is 5.51. The van der Waals surface area contributed by atoms with Crippen LogP contribution < -0.4 is 14.2 Å². The fraction of sp³-hybridized carbons (Fsp3) is 0.320. The van der Waals surface area contributed by atoms with E-state index in [1.807, 2.05) is 0 Å². The van der Waals surface area contributed by atoms with E-state index in [9.17, 15) is 35.4 Å². The molecule has 0 amide bonds. The highest BCUT2D eigenvalue weighted by atomic mass is 16.7. The van der Waals surface area contributed by atoms with E-state index in [0.29, 0.717) is 28.0 Å². The van der Waals surface area contributed by atoms with Gasteiger partial charge in [0.2, 0.25) is 13.1 Å². The summed E-state index contributed by atoms with van der Waals surface area (Å²) < 4.78 is 27.6. The van der Waals surface area contributed by atoms with E-state index in [1.165, 1.54) is 12.1 Å². The second-order valence-corrected chi connectivity index (χ2v) is 8.90. The number of carbonyl (C=O) groups excluding carboxylic acids is 1. The highest BCUT2D eigenvalue weighted by Crippen LogP contribution is 2.49. The average Bonchev–Trinajstić information content (AvgIpc) is 3.51. The number of phenols is 2. The van der Waals surface area contributed by atoms with Crippen LogP contribution in [-0.2, 0) is 16.1 Å². The Labute approximate surface area is 208 Å². The number of cyclic esters (lactones) is 1. The minimum absolute atomic E-state index is 0.0139. The van der Waals surface area contributed by atoms with Crippen molar-refractivity contribution in [2.24, 2.45) is 0 Å². The summed E-state index contributed by atoms with van der Waals surface area (Å²) in [4.78, 5) is 13.0. The third kappa shape index (κ3) is 3.61. The Morgan fingerprint density at radius 1 is 0.865 bits per heavy atom. The van der Waals surface area contributed by atoms with Crippen molar-refractivity contribution in [3.05, 3.63) is 41.5 Å². The standard InChI is InChI=1S/C25H22O12/c26-6-17-20(29)21(30)22(31)25(36-17)37-23-11-5-14(28)13(27)4-10(11)18(19-12(23)7-33-24(19)32)9-1-2-15-16(3-9)35-8-34-15/h1-5,17,20-22,25-31H,6-8H2/t17-,20+,21+,22-,25?/m1/s1. The number of phenolic OH excluding ortho intramolecular Hbond substituents is 2. The Balaban J connectivity index is 1.57. The Hall–Kier alpha value is -3.81. The molecule has 3 heterocycles. The van der Waals surface area contributed by atoms with Crippen LogP contribution >= 0.6 is 0 Å². The lowest BCUT2D eigenvalue weighted by atomic mass is 9.89. The SMILES string of the molecule is O=C1OCc2c1c(-c1ccc3c(c1)OCO3)c1cc(O)c(O)cc1c2OC1O[C@H](CO)[C@H](O)[C@H](O)[C@H]1O. The first-order chi connectivity index (χ1) is 17.8. The highest BCUT2D eigenvalue weighted by molar-refractivity contribution is 6.14. The molecule has 12 nitrogen and oxygen atoms in total. The van der Waals surface area contributed by atoms with Crippen molar-refractivity contribution < 1.29 is 59.1 Å². The summed E-state index contributed by atoms with van der Waals surface area (Å²) in [5.41, 5.74) is 1.30. The lowest BCUT2D eigenvalue weighted by molar-refractivity contribution is -0.277. The van der Waals surface area contributed by atoms with Crippen molar-refractivity contribution in [1.29, 1.82) is 0 Å². The van der Waals surface area contributed by atoms with Crippen molar-refractivity contribution in [3.8, 4) is 39.9 Å². The monoisotopic (exact) mass is 514 g/mol. The van der Waals surface area contributed by atoms with Crippen molar-refractivity contribution >= 4 is 16.7 Å². The molecule has 3 aliphatic heterocycles. The van der Waals surface area contributed by atoms with Gasteiger partial charge in [-0.05, 0) is 35.2 Å². The number of carbonyl (C=O) groups is 1. The Morgan fingerprint density at radius 2 is 1.59 bits per heavy atom. The van der Waals surface area contributed by atoms with E-state index in [1.54, 1.807) is 18.2 Å². The van der Waals surface area contributed by atoms with Gasteiger partial charge in [-0.15, -0.1) is 0 Å². The molecule has 0 aliphatic carbocycles. The van der Waals surface area contributed by atoms with Gasteiger partial charge < -0.3 is 54.3 Å². The molecule has 0 bridgehead atoms. The summed E-state index contributed by atoms with van der Waals surface area (Å²) in [6.45, 7) is -0.834. The van der Waals surface area contributed by atoms with Crippen molar-refractivity contribution in [2.45, 2.75) is 37.3 Å². The van der Waals surface area contributed by atoms with Gasteiger partial charge in [0.25, 0.3) is 0 Å². The molecule has 5 atom stereocenters. The lowest BCUT2D eigenvalue weighted by Crippen LogP contribution is -2.60. The van der Waals surface area contributed by atoms with Gasteiger partial charge in [-0.1, -0.05) is 6.07 Å². The van der Waals surface area contributed by atoms with Gasteiger partial charge in [0.15, 0.2) is 23.0 Å². The molecule has 1 unspecified atom stereocenters. The van der Waals surface area contributed by atoms with Crippen LogP contribution in [-0.4, -0.2) is 80.7 Å². The summed E-state index contributed by atoms with van der Waals surface area (Å²) in [5.74, 6) is -0.644. The van der Waals surface area contributed by atoms with Crippen LogP contribution in [0.2, 0.25) is 0 Å². The molecule has 37 heavy (non-hydrogen) atoms. The number of aliphatic hydroxyl groups is 4. The molecule has 0 spiro atoms. The van der Waals surface area contributed by atoms with Gasteiger partial charge in [-0.25, -0.2) is 4.79 Å². The normalized spacial score (nSPS) is 26.3. The smallest absolute Gasteiger partial charge is 0.339 e. The molecule has 0 aromatic heterocycles. The zero-order chi connectivity index (χ0) is 26.0. The average molecular weight is 514 g/mol. The zero-order valence-electron chi connectivity index (χ0n) is 19.0. The number of rotatable bonds is 4. The first-order valence-corrected chi connectivity index (χ1v) is 11.4. The summed E-state index contributed by atoms with van der Waals surface area (Å²) in [6.07, 6.45) is -7.81. The lowest BCUT2D eigenvalue weighted by Gasteiger charge is -2.39. The zero-order valence-corrected chi connectivity index (χ0v) is 19.0. The van der Waals surface area contributed by atoms with E-state index < -0.39 is 54.8 Å². The molecule has 1 saturated heterocycles. The summed E-state index contributed by atoms with van der Waals surface area (Å²) >= 11 is 0. The van der Waals surface area contributed by atoms with Crippen LogP contribution in [0.5, 0.6) is 28.7 Å². The molecule has 6 rings (SSSR count). The van der Waals surface area contributed by atoms with Gasteiger partial charge in [-0.2, -0.15) is 0 Å². The minimum Gasteiger partial charge on any atom is -0.504 e. The number of benzene rings is 3. The number of esters is 1. The number of aromatic hydroxyl groups is 2. The molecule has 3 aromatic carbocycles. The fourth-order valence-corrected chi connectivity index (χ4v) is 4.87. The molecule has 1 fully saturated rings. The molecule has 3 aromatic rings. The Bertz CT molecular complexity index is 1420. The van der Waals surface area contributed by atoms with Crippen LogP contribution in [0.3, 0.4) is 0 Å². The fourth-order valence-electron chi connectivity index (χ4n) is 4.87. The molecule has 3 aliphatic rings. The maximum atomic E-state index is 13.0. The highest BCUT2D eigenvalue weighted by Gasteiger charge is 2.45. The third-order valence-electron chi connectivity index (χ3n) is 6.75. The van der Waals surface area contributed by atoms with Crippen LogP contribution in [0.15, 0.2) is 30.3 Å². The van der Waals surface area contributed by atoms with Gasteiger partial charge in [0.05, 0.1) is 12.2 Å². The number of fused-ring (bicyclic) bond motifs is 3. The van der Waals surface area contributed by atoms with Gasteiger partial charge >= 0.3 is 5.97 Å². The van der Waals surface area contributed by atoms with Crippen molar-refractivity contribution in [2.75, 3.05) is 13.4 Å². The number of hydrogen-bond donors (Lipinski definition) is 6. The number of aliphatic hydroxyl groups excluding tert-OH is 4. The topological polar surface area (TPSA) is 185 Å². The van der Waals surface area contributed by atoms with Crippen LogP contribution in [0.1, 0.15) is 15.9 Å². The quantitative estimate of drug-likeness (QED) is 0.210. The first kappa shape index (κ1) is 23.6. The first-order valence-electron chi connectivity index (χ1n) is 11.4. The van der Waals surface area contributed by atoms with Crippen molar-refractivity contribution in [3.63, 3.8) is 0 Å². The van der Waals surface area contributed by atoms with Crippen molar-refractivity contribution in [1.82, 2.24) is 0 Å². The third-order valence-corrected chi connectivity index (χ3v) is 6.75. The van der Waals surface area contributed by atoms with Gasteiger partial charge in [-0.3, -0.25) is 0 Å². The second-order valence-electron chi connectivity index (χ2n) is 8.90. The Morgan fingerprint density at radius 3 is 2.35 bits per heavy atom. The summed E-state index contributed by atoms with van der Waals surface area (Å²) in [5, 5.41) is 61.5. The van der Waals surface area contributed by atoms with Crippen LogP contribution in [0.25, 0.3) is 21.9 Å². The minimum atomic E-state index is -1.72. The predicted octanol–water partition coefficient (Wildman–Crippen LogP) is 0.496. The molecule has 194 valence electrons. The maximum absolute atomic E-state index is 13.0. The van der Waals surface area contributed by atoms with Gasteiger partial charge in [0.1, 0.15) is 36.8 Å². The predicted molar refractivity (Wildman–Crippen MR) is 122 cm³/mol. The molecular formula is C25H22O12. The van der Waals surface area contributed by atoms with E-state index in [-0.39, 0.29) is 35.7 Å². The largest absolute Gasteiger partial charge is 0.504 e. The van der Waals surface area contributed by atoms with Gasteiger partial charge in [0, 0.05) is 16.5 Å². The van der Waals surface area contributed by atoms with E-state index in [4.69, 9.17) is 23.7 Å². The molecule has 12 heteroatoms. The van der Waals surface area contributed by atoms with E-state index in [0.717, 1.165) is 0 Å². The molecular weight excluding hydrogens is 492 g/mol.